The molecule has 0 aliphatic carbocycles. The molecule has 0 atom stereocenters. The number of rotatable bonds is 5. The van der Waals surface area contributed by atoms with Crippen LogP contribution in [-0.4, -0.2) is 39.4 Å². The van der Waals surface area contributed by atoms with Crippen molar-refractivity contribution in [3.05, 3.63) is 21.1 Å². The number of hydrogen-bond donors (Lipinski definition) is 1. The molecule has 112 valence electrons. The van der Waals surface area contributed by atoms with Crippen molar-refractivity contribution in [2.45, 2.75) is 11.8 Å². The summed E-state index contributed by atoms with van der Waals surface area (Å²) in [7, 11) is -2.14. The summed E-state index contributed by atoms with van der Waals surface area (Å²) in [6, 6.07) is 2.65. The normalized spacial score (nSPS) is 11.2. The van der Waals surface area contributed by atoms with Crippen LogP contribution in [0.15, 0.2) is 26.0 Å². The molecule has 0 fully saturated rings. The number of sulfonamides is 1. The molecule has 0 saturated heterocycles. The molecule has 0 radical (unpaired) electrons. The largest absolute Gasteiger partial charge is 0.481 e. The molecule has 0 unspecified atom stereocenters. The van der Waals surface area contributed by atoms with E-state index in [1.54, 1.807) is 7.05 Å². The summed E-state index contributed by atoms with van der Waals surface area (Å²) in [6.45, 7) is 2.29. The second-order valence-corrected chi connectivity index (χ2v) is 7.23. The Hall–Kier alpha value is -0.640. The zero-order valence-electron chi connectivity index (χ0n) is 10.9. The highest BCUT2D eigenvalue weighted by molar-refractivity contribution is 9.11. The van der Waals surface area contributed by atoms with Crippen LogP contribution >= 0.6 is 31.9 Å². The van der Waals surface area contributed by atoms with Gasteiger partial charge in [0.2, 0.25) is 10.0 Å². The van der Waals surface area contributed by atoms with Gasteiger partial charge < -0.3 is 9.64 Å². The van der Waals surface area contributed by atoms with E-state index in [1.807, 2.05) is 6.92 Å². The molecule has 20 heavy (non-hydrogen) atoms. The molecular weight excluding hydrogens is 416 g/mol. The van der Waals surface area contributed by atoms with Crippen LogP contribution in [0.5, 0.6) is 5.75 Å². The van der Waals surface area contributed by atoms with Crippen LogP contribution in [0.4, 0.5) is 0 Å². The van der Waals surface area contributed by atoms with Gasteiger partial charge in [-0.25, -0.2) is 13.6 Å². The predicted molar refractivity (Wildman–Crippen MR) is 82.0 cm³/mol. The second-order valence-electron chi connectivity index (χ2n) is 3.96. The molecule has 0 heterocycles. The number of primary sulfonamides is 1. The molecule has 1 amide bonds. The maximum Gasteiger partial charge on any atom is 0.260 e. The van der Waals surface area contributed by atoms with Gasteiger partial charge in [-0.1, -0.05) is 0 Å². The van der Waals surface area contributed by atoms with Gasteiger partial charge in [-0.05, 0) is 50.9 Å². The third kappa shape index (κ3) is 4.44. The fourth-order valence-electron chi connectivity index (χ4n) is 1.26. The van der Waals surface area contributed by atoms with Gasteiger partial charge in [0, 0.05) is 13.6 Å². The van der Waals surface area contributed by atoms with E-state index < -0.39 is 10.0 Å². The van der Waals surface area contributed by atoms with Gasteiger partial charge in [0.1, 0.15) is 5.75 Å². The highest BCUT2D eigenvalue weighted by Gasteiger charge is 2.16. The van der Waals surface area contributed by atoms with Gasteiger partial charge in [-0.15, -0.1) is 0 Å². The van der Waals surface area contributed by atoms with Gasteiger partial charge in [0.15, 0.2) is 6.61 Å². The number of carbonyl (C=O) groups is 1. The smallest absolute Gasteiger partial charge is 0.260 e. The zero-order chi connectivity index (χ0) is 15.5. The first kappa shape index (κ1) is 17.4. The summed E-state index contributed by atoms with van der Waals surface area (Å²) >= 11 is 6.39. The van der Waals surface area contributed by atoms with Crippen LogP contribution in [0.1, 0.15) is 6.92 Å². The number of amides is 1. The summed E-state index contributed by atoms with van der Waals surface area (Å²) in [5, 5.41) is 5.05. The maximum atomic E-state index is 11.7. The summed E-state index contributed by atoms with van der Waals surface area (Å²) < 4.78 is 28.7. The lowest BCUT2D eigenvalue weighted by molar-refractivity contribution is -0.131. The summed E-state index contributed by atoms with van der Waals surface area (Å²) in [5.74, 6) is 0.164. The van der Waals surface area contributed by atoms with Crippen molar-refractivity contribution in [1.82, 2.24) is 4.90 Å². The average molecular weight is 430 g/mol. The van der Waals surface area contributed by atoms with Gasteiger partial charge in [0.05, 0.1) is 13.8 Å². The molecule has 0 bridgehead atoms. The van der Waals surface area contributed by atoms with E-state index >= 15 is 0 Å². The number of nitrogens with zero attached hydrogens (tertiary/aromatic N) is 1. The molecule has 0 aromatic heterocycles. The fourth-order valence-corrected chi connectivity index (χ4v) is 3.54. The average Bonchev–Trinajstić information content (AvgIpc) is 2.35. The number of carbonyl (C=O) groups excluding carboxylic acids is 1. The van der Waals surface area contributed by atoms with Gasteiger partial charge >= 0.3 is 0 Å². The van der Waals surface area contributed by atoms with E-state index in [-0.39, 0.29) is 17.4 Å². The quantitative estimate of drug-likeness (QED) is 0.771. The number of nitrogens with two attached hydrogens (primary N) is 1. The van der Waals surface area contributed by atoms with E-state index in [1.165, 1.54) is 17.0 Å². The monoisotopic (exact) mass is 428 g/mol. The number of ether oxygens (including phenoxy) is 1. The van der Waals surface area contributed by atoms with E-state index in [0.717, 1.165) is 0 Å². The van der Waals surface area contributed by atoms with Crippen LogP contribution in [0, 0.1) is 0 Å². The summed E-state index contributed by atoms with van der Waals surface area (Å²) in [6.07, 6.45) is 0. The molecule has 1 rings (SSSR count). The minimum absolute atomic E-state index is 0.0550. The van der Waals surface area contributed by atoms with Crippen LogP contribution in [-0.2, 0) is 14.8 Å². The molecule has 0 aliphatic rings. The zero-order valence-corrected chi connectivity index (χ0v) is 14.9. The Bertz CT molecular complexity index is 596. The van der Waals surface area contributed by atoms with Crippen molar-refractivity contribution in [2.24, 2.45) is 5.14 Å². The molecular formula is C11H14Br2N2O4S. The van der Waals surface area contributed by atoms with Gasteiger partial charge in [-0.3, -0.25) is 4.79 Å². The van der Waals surface area contributed by atoms with Crippen molar-refractivity contribution in [2.75, 3.05) is 20.2 Å². The van der Waals surface area contributed by atoms with E-state index in [4.69, 9.17) is 9.88 Å². The van der Waals surface area contributed by atoms with Crippen molar-refractivity contribution in [3.8, 4) is 5.75 Å². The lowest BCUT2D eigenvalue weighted by Crippen LogP contribution is -2.31. The van der Waals surface area contributed by atoms with Gasteiger partial charge in [-0.2, -0.15) is 0 Å². The first-order valence-electron chi connectivity index (χ1n) is 5.55. The second kappa shape index (κ2) is 6.88. The molecule has 1 aromatic rings. The molecule has 6 nitrogen and oxygen atoms in total. The molecule has 0 aliphatic heterocycles. The maximum absolute atomic E-state index is 11.7. The Balaban J connectivity index is 2.96. The molecule has 0 saturated carbocycles. The highest BCUT2D eigenvalue weighted by atomic mass is 79.9. The Kier molecular flexibility index (Phi) is 5.99. The van der Waals surface area contributed by atoms with Crippen LogP contribution in [0.3, 0.4) is 0 Å². The van der Waals surface area contributed by atoms with Crippen LogP contribution in [0.2, 0.25) is 0 Å². The van der Waals surface area contributed by atoms with Crippen molar-refractivity contribution >= 4 is 47.8 Å². The standard InChI is InChI=1S/C11H14Br2N2O4S/c1-3-15(2)10(16)6-19-11-8(12)4-7(5-9(11)13)20(14,17)18/h4-5H,3,6H2,1-2H3,(H2,14,17,18). The highest BCUT2D eigenvalue weighted by Crippen LogP contribution is 2.35. The van der Waals surface area contributed by atoms with Crippen LogP contribution < -0.4 is 9.88 Å². The Morgan fingerprint density at radius 1 is 1.35 bits per heavy atom. The van der Waals surface area contributed by atoms with E-state index in [2.05, 4.69) is 31.9 Å². The Morgan fingerprint density at radius 2 is 1.85 bits per heavy atom. The lowest BCUT2D eigenvalue weighted by Gasteiger charge is -2.16. The lowest BCUT2D eigenvalue weighted by atomic mass is 10.3. The van der Waals surface area contributed by atoms with Crippen molar-refractivity contribution in [3.63, 3.8) is 0 Å². The predicted octanol–water partition coefficient (Wildman–Crippen LogP) is 1.72. The Labute approximate surface area is 134 Å². The third-order valence-corrected chi connectivity index (χ3v) is 4.61. The summed E-state index contributed by atoms with van der Waals surface area (Å²) in [5.41, 5.74) is 0. The minimum atomic E-state index is -3.80. The molecule has 0 spiro atoms. The Morgan fingerprint density at radius 3 is 2.25 bits per heavy atom. The number of halogens is 2. The number of hydrogen-bond acceptors (Lipinski definition) is 4. The fraction of sp³-hybridized carbons (Fsp3) is 0.364. The SMILES string of the molecule is CCN(C)C(=O)COc1c(Br)cc(S(N)(=O)=O)cc1Br. The minimum Gasteiger partial charge on any atom is -0.481 e. The summed E-state index contributed by atoms with van der Waals surface area (Å²) in [4.78, 5) is 13.1. The van der Waals surface area contributed by atoms with Crippen molar-refractivity contribution in [1.29, 1.82) is 0 Å². The molecule has 1 aromatic carbocycles. The van der Waals surface area contributed by atoms with E-state index in [0.29, 0.717) is 21.2 Å². The number of likely N-dealkylation sites (N-methyl/N-ethyl adjacent to an activating group) is 1. The molecule has 2 N–H and O–H groups in total. The topological polar surface area (TPSA) is 89.7 Å². The first-order chi connectivity index (χ1) is 9.16. The van der Waals surface area contributed by atoms with E-state index in [9.17, 15) is 13.2 Å². The number of benzene rings is 1. The van der Waals surface area contributed by atoms with Crippen LogP contribution in [0.25, 0.3) is 0 Å². The first-order valence-corrected chi connectivity index (χ1v) is 8.68. The van der Waals surface area contributed by atoms with Gasteiger partial charge in [0.25, 0.3) is 5.91 Å². The third-order valence-electron chi connectivity index (χ3n) is 2.54. The molecule has 9 heteroatoms. The van der Waals surface area contributed by atoms with Crippen molar-refractivity contribution < 1.29 is 17.9 Å².